The molecule has 17 heavy (non-hydrogen) atoms. The molecule has 0 N–H and O–H groups in total. The van der Waals surface area contributed by atoms with Crippen molar-refractivity contribution in [3.63, 3.8) is 0 Å². The molecule has 0 aromatic carbocycles. The molecule has 0 radical (unpaired) electrons. The summed E-state index contributed by atoms with van der Waals surface area (Å²) in [6.07, 6.45) is 9.02. The highest BCUT2D eigenvalue weighted by molar-refractivity contribution is 5.20. The molecule has 4 saturated carbocycles. The molecule has 1 aromatic heterocycles. The van der Waals surface area contributed by atoms with E-state index in [0.717, 1.165) is 17.8 Å². The van der Waals surface area contributed by atoms with Gasteiger partial charge in [-0.15, -0.1) is 0 Å². The summed E-state index contributed by atoms with van der Waals surface area (Å²) in [6, 6.07) is 4.63. The summed E-state index contributed by atoms with van der Waals surface area (Å²) in [7, 11) is 0. The van der Waals surface area contributed by atoms with Crippen LogP contribution in [0.4, 0.5) is 0 Å². The molecule has 4 bridgehead atoms. The van der Waals surface area contributed by atoms with Crippen molar-refractivity contribution in [2.45, 2.75) is 57.9 Å². The summed E-state index contributed by atoms with van der Waals surface area (Å²) in [5, 5.41) is 0. The number of hydrogen-bond acceptors (Lipinski definition) is 0. The van der Waals surface area contributed by atoms with Gasteiger partial charge in [0.1, 0.15) is 0 Å². The average molecular weight is 229 g/mol. The molecule has 0 saturated heterocycles. The van der Waals surface area contributed by atoms with Gasteiger partial charge in [-0.05, 0) is 82.3 Å². The Kier molecular flexibility index (Phi) is 1.92. The van der Waals surface area contributed by atoms with E-state index >= 15 is 0 Å². The van der Waals surface area contributed by atoms with Crippen LogP contribution in [0.15, 0.2) is 12.1 Å². The lowest BCUT2D eigenvalue weighted by molar-refractivity contribution is -0.0446. The van der Waals surface area contributed by atoms with Gasteiger partial charge in [-0.25, -0.2) is 0 Å². The molecule has 0 unspecified atom stereocenters. The monoisotopic (exact) mass is 229 g/mol. The second kappa shape index (κ2) is 3.18. The molecule has 4 aliphatic rings. The van der Waals surface area contributed by atoms with E-state index in [1.807, 2.05) is 0 Å². The fourth-order valence-electron chi connectivity index (χ4n) is 5.76. The first-order chi connectivity index (χ1) is 8.16. The Labute approximate surface area is 104 Å². The lowest BCUT2D eigenvalue weighted by Crippen LogP contribution is -2.52. The van der Waals surface area contributed by atoms with Crippen molar-refractivity contribution in [1.82, 2.24) is 4.57 Å². The Balaban J connectivity index is 1.82. The molecule has 0 atom stereocenters. The van der Waals surface area contributed by atoms with Crippen molar-refractivity contribution in [2.24, 2.45) is 17.8 Å². The zero-order chi connectivity index (χ0) is 11.6. The largest absolute Gasteiger partial charge is 0.343 e. The minimum absolute atomic E-state index is 0.520. The second-order valence-electron chi connectivity index (χ2n) is 7.09. The van der Waals surface area contributed by atoms with E-state index in [0.29, 0.717) is 5.54 Å². The minimum atomic E-state index is 0.520. The van der Waals surface area contributed by atoms with Crippen LogP contribution in [0, 0.1) is 31.6 Å². The zero-order valence-corrected chi connectivity index (χ0v) is 11.1. The molecule has 4 aliphatic carbocycles. The van der Waals surface area contributed by atoms with Gasteiger partial charge in [-0.3, -0.25) is 0 Å². The Hall–Kier alpha value is -0.720. The first-order valence-corrected chi connectivity index (χ1v) is 7.32. The van der Waals surface area contributed by atoms with Crippen LogP contribution in [-0.2, 0) is 5.54 Å². The van der Waals surface area contributed by atoms with E-state index in [1.54, 1.807) is 0 Å². The molecular weight excluding hydrogens is 206 g/mol. The number of nitrogens with zero attached hydrogens (tertiary/aromatic N) is 1. The third-order valence-corrected chi connectivity index (χ3v) is 5.75. The van der Waals surface area contributed by atoms with Crippen LogP contribution in [0.3, 0.4) is 0 Å². The van der Waals surface area contributed by atoms with Gasteiger partial charge < -0.3 is 4.57 Å². The highest BCUT2D eigenvalue weighted by atomic mass is 15.1. The van der Waals surface area contributed by atoms with Crippen molar-refractivity contribution >= 4 is 0 Å². The van der Waals surface area contributed by atoms with Crippen LogP contribution in [-0.4, -0.2) is 4.57 Å². The number of aromatic nitrogens is 1. The highest BCUT2D eigenvalue weighted by Gasteiger charge is 2.52. The fourth-order valence-corrected chi connectivity index (χ4v) is 5.76. The van der Waals surface area contributed by atoms with Crippen molar-refractivity contribution in [3.8, 4) is 0 Å². The lowest BCUT2D eigenvalue weighted by Gasteiger charge is -2.58. The Bertz CT molecular complexity index is 399. The van der Waals surface area contributed by atoms with E-state index in [4.69, 9.17) is 0 Å². The van der Waals surface area contributed by atoms with E-state index < -0.39 is 0 Å². The predicted octanol–water partition coefficient (Wildman–Crippen LogP) is 4.03. The summed E-state index contributed by atoms with van der Waals surface area (Å²) in [5.41, 5.74) is 3.50. The van der Waals surface area contributed by atoms with Crippen LogP contribution in [0.1, 0.15) is 49.9 Å². The Morgan fingerprint density at radius 1 is 0.882 bits per heavy atom. The average Bonchev–Trinajstić information content (AvgIpc) is 2.56. The topological polar surface area (TPSA) is 4.93 Å². The molecule has 0 amide bonds. The van der Waals surface area contributed by atoms with Crippen LogP contribution in [0.25, 0.3) is 0 Å². The summed E-state index contributed by atoms with van der Waals surface area (Å²) < 4.78 is 2.71. The summed E-state index contributed by atoms with van der Waals surface area (Å²) in [6.45, 7) is 4.59. The van der Waals surface area contributed by atoms with Gasteiger partial charge in [0.25, 0.3) is 0 Å². The number of rotatable bonds is 1. The van der Waals surface area contributed by atoms with Crippen LogP contribution in [0.2, 0.25) is 0 Å². The zero-order valence-electron chi connectivity index (χ0n) is 11.1. The molecule has 92 valence electrons. The first-order valence-electron chi connectivity index (χ1n) is 7.32. The summed E-state index contributed by atoms with van der Waals surface area (Å²) in [5.74, 6) is 3.13. The van der Waals surface area contributed by atoms with Crippen molar-refractivity contribution in [2.75, 3.05) is 0 Å². The third-order valence-electron chi connectivity index (χ3n) is 5.75. The maximum atomic E-state index is 2.71. The highest BCUT2D eigenvalue weighted by Crippen LogP contribution is 2.59. The van der Waals surface area contributed by atoms with Crippen LogP contribution >= 0.6 is 0 Å². The first kappa shape index (κ1) is 10.2. The lowest BCUT2D eigenvalue weighted by atomic mass is 9.53. The molecule has 1 nitrogen and oxygen atoms in total. The van der Waals surface area contributed by atoms with Gasteiger partial charge in [0.15, 0.2) is 0 Å². The second-order valence-corrected chi connectivity index (χ2v) is 7.09. The maximum Gasteiger partial charge on any atom is 0.0452 e. The normalized spacial score (nSPS) is 43.3. The molecule has 0 aliphatic heterocycles. The maximum absolute atomic E-state index is 2.71. The molecule has 1 aromatic rings. The van der Waals surface area contributed by atoms with Gasteiger partial charge in [0.05, 0.1) is 0 Å². The van der Waals surface area contributed by atoms with Gasteiger partial charge in [0.2, 0.25) is 0 Å². The predicted molar refractivity (Wildman–Crippen MR) is 70.1 cm³/mol. The summed E-state index contributed by atoms with van der Waals surface area (Å²) in [4.78, 5) is 0. The van der Waals surface area contributed by atoms with Gasteiger partial charge in [0, 0.05) is 16.9 Å². The Morgan fingerprint density at radius 3 is 1.71 bits per heavy atom. The van der Waals surface area contributed by atoms with Crippen LogP contribution in [0.5, 0.6) is 0 Å². The van der Waals surface area contributed by atoms with E-state index in [2.05, 4.69) is 30.5 Å². The molecule has 1 heteroatoms. The molecular formula is C16H23N. The smallest absolute Gasteiger partial charge is 0.0452 e. The fraction of sp³-hybridized carbons (Fsp3) is 0.750. The third kappa shape index (κ3) is 1.31. The summed E-state index contributed by atoms with van der Waals surface area (Å²) >= 11 is 0. The van der Waals surface area contributed by atoms with Gasteiger partial charge in [-0.2, -0.15) is 0 Å². The Morgan fingerprint density at radius 2 is 1.29 bits per heavy atom. The minimum Gasteiger partial charge on any atom is -0.343 e. The molecule has 1 heterocycles. The molecule has 4 fully saturated rings. The number of aryl methyl sites for hydroxylation is 2. The van der Waals surface area contributed by atoms with Crippen molar-refractivity contribution < 1.29 is 0 Å². The van der Waals surface area contributed by atoms with E-state index in [-0.39, 0.29) is 0 Å². The van der Waals surface area contributed by atoms with Crippen molar-refractivity contribution in [1.29, 1.82) is 0 Å². The number of hydrogen-bond donors (Lipinski definition) is 0. The van der Waals surface area contributed by atoms with Gasteiger partial charge in [-0.1, -0.05) is 0 Å². The quantitative estimate of drug-likeness (QED) is 0.685. The molecule has 5 rings (SSSR count). The van der Waals surface area contributed by atoms with Crippen LogP contribution < -0.4 is 0 Å². The van der Waals surface area contributed by atoms with Gasteiger partial charge >= 0.3 is 0 Å². The standard InChI is InChI=1S/C16H23N/c1-11-3-4-12(2)17(11)16-8-13-5-14(9-16)7-15(6-13)10-16/h3-4,13-15H,5-10H2,1-2H3. The SMILES string of the molecule is Cc1ccc(C)n1C12CC3CC(CC(C3)C1)C2. The van der Waals surface area contributed by atoms with E-state index in [9.17, 15) is 0 Å². The van der Waals surface area contributed by atoms with E-state index in [1.165, 1.54) is 49.9 Å². The van der Waals surface area contributed by atoms with Crippen molar-refractivity contribution in [3.05, 3.63) is 23.5 Å². The molecule has 0 spiro atoms.